The van der Waals surface area contributed by atoms with Gasteiger partial charge in [0.15, 0.2) is 5.65 Å². The maximum absolute atomic E-state index is 12.8. The average Bonchev–Trinajstić information content (AvgIpc) is 3.06. The molecule has 1 fully saturated rings. The lowest BCUT2D eigenvalue weighted by molar-refractivity contribution is -0.135. The molecule has 1 saturated heterocycles. The minimum atomic E-state index is 0.0254. The molecular weight excluding hydrogens is 316 g/mol. The van der Waals surface area contributed by atoms with E-state index in [1.54, 1.807) is 4.52 Å². The number of carbonyl (C=O) groups is 1. The fourth-order valence-electron chi connectivity index (χ4n) is 4.18. The smallest absolute Gasteiger partial charge is 0.276 e. The Labute approximate surface area is 147 Å². The molecule has 2 aliphatic rings. The molecule has 6 heteroatoms. The van der Waals surface area contributed by atoms with Crippen LogP contribution in [0.15, 0.2) is 10.9 Å². The molecule has 6 nitrogen and oxygen atoms in total. The van der Waals surface area contributed by atoms with Crippen LogP contribution in [0.5, 0.6) is 0 Å². The molecule has 1 amide bonds. The first kappa shape index (κ1) is 16.4. The number of aryl methyl sites for hydroxylation is 1. The summed E-state index contributed by atoms with van der Waals surface area (Å²) in [5.74, 6) is 0.485. The number of nitrogens with zero attached hydrogens (tertiary/aromatic N) is 3. The highest BCUT2D eigenvalue weighted by Gasteiger charge is 2.28. The maximum atomic E-state index is 12.8. The second-order valence-electron chi connectivity index (χ2n) is 7.73. The first-order valence-corrected chi connectivity index (χ1v) is 9.47. The number of amides is 1. The van der Waals surface area contributed by atoms with Crippen LogP contribution in [0.4, 0.5) is 0 Å². The van der Waals surface area contributed by atoms with Crippen LogP contribution in [0, 0.1) is 5.92 Å². The van der Waals surface area contributed by atoms with E-state index in [4.69, 9.17) is 4.98 Å². The number of fused-ring (bicyclic) bond motifs is 2. The molecule has 2 aromatic heterocycles. The minimum absolute atomic E-state index is 0.0254. The van der Waals surface area contributed by atoms with Crippen molar-refractivity contribution in [1.82, 2.24) is 19.5 Å². The summed E-state index contributed by atoms with van der Waals surface area (Å²) in [6, 6.07) is 2.00. The van der Waals surface area contributed by atoms with Crippen LogP contribution in [0.3, 0.4) is 0 Å². The zero-order chi connectivity index (χ0) is 17.6. The summed E-state index contributed by atoms with van der Waals surface area (Å²) in [5, 5.41) is 3.28. The van der Waals surface area contributed by atoms with Crippen molar-refractivity contribution in [2.45, 2.75) is 58.3 Å². The molecule has 4 rings (SSSR count). The van der Waals surface area contributed by atoms with Gasteiger partial charge in [-0.05, 0) is 38.5 Å². The van der Waals surface area contributed by atoms with Gasteiger partial charge < -0.3 is 4.90 Å². The lowest BCUT2D eigenvalue weighted by Crippen LogP contribution is -2.41. The van der Waals surface area contributed by atoms with Gasteiger partial charge in [-0.15, -0.1) is 0 Å². The first-order chi connectivity index (χ1) is 12.0. The van der Waals surface area contributed by atoms with E-state index < -0.39 is 0 Å². The third-order valence-corrected chi connectivity index (χ3v) is 5.57. The third-order valence-electron chi connectivity index (χ3n) is 5.57. The molecule has 2 aromatic rings. The Balaban J connectivity index is 1.66. The zero-order valence-electron chi connectivity index (χ0n) is 15.0. The molecule has 0 spiro atoms. The van der Waals surface area contributed by atoms with Crippen molar-refractivity contribution < 1.29 is 4.79 Å². The van der Waals surface area contributed by atoms with Crippen LogP contribution in [-0.2, 0) is 17.6 Å². The SMILES string of the molecule is CC(C)C(=O)N1CCCC(c2cc3nc4c(c(=O)n3[nH]2)CCCC4)C1. The second-order valence-corrected chi connectivity index (χ2v) is 7.73. The van der Waals surface area contributed by atoms with E-state index in [0.29, 0.717) is 5.65 Å². The van der Waals surface area contributed by atoms with Crippen LogP contribution in [0.25, 0.3) is 5.65 Å². The van der Waals surface area contributed by atoms with Crippen molar-refractivity contribution in [1.29, 1.82) is 0 Å². The van der Waals surface area contributed by atoms with Gasteiger partial charge >= 0.3 is 0 Å². The lowest BCUT2D eigenvalue weighted by Gasteiger charge is -2.33. The largest absolute Gasteiger partial charge is 0.342 e. The Morgan fingerprint density at radius 2 is 2.08 bits per heavy atom. The third kappa shape index (κ3) is 2.87. The predicted molar refractivity (Wildman–Crippen MR) is 95.8 cm³/mol. The fraction of sp³-hybridized carbons (Fsp3) is 0.632. The Hall–Kier alpha value is -2.11. The Morgan fingerprint density at radius 3 is 2.88 bits per heavy atom. The normalized spacial score (nSPS) is 20.9. The monoisotopic (exact) mass is 342 g/mol. The van der Waals surface area contributed by atoms with Gasteiger partial charge in [0.25, 0.3) is 5.56 Å². The van der Waals surface area contributed by atoms with Crippen molar-refractivity contribution in [3.8, 4) is 0 Å². The summed E-state index contributed by atoms with van der Waals surface area (Å²) < 4.78 is 1.60. The molecule has 0 saturated carbocycles. The number of piperidine rings is 1. The van der Waals surface area contributed by atoms with E-state index in [0.717, 1.165) is 68.6 Å². The quantitative estimate of drug-likeness (QED) is 0.910. The molecule has 1 atom stereocenters. The van der Waals surface area contributed by atoms with E-state index >= 15 is 0 Å². The fourth-order valence-corrected chi connectivity index (χ4v) is 4.18. The van der Waals surface area contributed by atoms with Crippen molar-refractivity contribution in [2.24, 2.45) is 5.92 Å². The van der Waals surface area contributed by atoms with Crippen LogP contribution < -0.4 is 5.56 Å². The molecule has 3 heterocycles. The summed E-state index contributed by atoms with van der Waals surface area (Å²) in [5.41, 5.74) is 3.64. The van der Waals surface area contributed by atoms with Crippen LogP contribution in [0.2, 0.25) is 0 Å². The number of H-pyrrole nitrogens is 1. The van der Waals surface area contributed by atoms with Gasteiger partial charge in [0.05, 0.1) is 5.69 Å². The highest BCUT2D eigenvalue weighted by Crippen LogP contribution is 2.27. The summed E-state index contributed by atoms with van der Waals surface area (Å²) in [4.78, 5) is 31.8. The van der Waals surface area contributed by atoms with Crippen molar-refractivity contribution >= 4 is 11.6 Å². The number of nitrogens with one attached hydrogen (secondary N) is 1. The predicted octanol–water partition coefficient (Wildman–Crippen LogP) is 2.26. The van der Waals surface area contributed by atoms with Gasteiger partial charge in [0.1, 0.15) is 0 Å². The van der Waals surface area contributed by atoms with E-state index in [1.165, 1.54) is 0 Å². The van der Waals surface area contributed by atoms with Crippen molar-refractivity contribution in [3.05, 3.63) is 33.4 Å². The van der Waals surface area contributed by atoms with Crippen molar-refractivity contribution in [3.63, 3.8) is 0 Å². The van der Waals surface area contributed by atoms with Gasteiger partial charge in [0.2, 0.25) is 5.91 Å². The van der Waals surface area contributed by atoms with Gasteiger partial charge in [-0.2, -0.15) is 0 Å². The number of hydrogen-bond acceptors (Lipinski definition) is 3. The molecule has 1 unspecified atom stereocenters. The molecular formula is C19H26N4O2. The topological polar surface area (TPSA) is 70.5 Å². The zero-order valence-corrected chi connectivity index (χ0v) is 15.0. The summed E-state index contributed by atoms with van der Waals surface area (Å²) in [6.45, 7) is 5.45. The number of rotatable bonds is 2. The van der Waals surface area contributed by atoms with Crippen LogP contribution in [-0.4, -0.2) is 38.5 Å². The lowest BCUT2D eigenvalue weighted by atomic mass is 9.94. The van der Waals surface area contributed by atoms with Gasteiger partial charge in [0, 0.05) is 42.2 Å². The molecule has 0 aromatic carbocycles. The first-order valence-electron chi connectivity index (χ1n) is 9.47. The number of aromatic nitrogens is 3. The highest BCUT2D eigenvalue weighted by atomic mass is 16.2. The van der Waals surface area contributed by atoms with E-state index in [-0.39, 0.29) is 23.3 Å². The highest BCUT2D eigenvalue weighted by molar-refractivity contribution is 5.78. The Morgan fingerprint density at radius 1 is 1.28 bits per heavy atom. The average molecular weight is 342 g/mol. The standard InChI is InChI=1S/C19H26N4O2/c1-12(2)18(24)22-9-5-6-13(11-22)16-10-17-20-15-8-4-3-7-14(15)19(25)23(17)21-16/h10,12-13,21H,3-9,11H2,1-2H3. The number of hydrogen-bond donors (Lipinski definition) is 1. The molecule has 25 heavy (non-hydrogen) atoms. The van der Waals surface area contributed by atoms with Gasteiger partial charge in [-0.25, -0.2) is 9.50 Å². The molecule has 134 valence electrons. The van der Waals surface area contributed by atoms with Gasteiger partial charge in [-0.3, -0.25) is 14.7 Å². The minimum Gasteiger partial charge on any atom is -0.342 e. The summed E-state index contributed by atoms with van der Waals surface area (Å²) >= 11 is 0. The molecule has 1 N–H and O–H groups in total. The molecule has 1 aliphatic heterocycles. The number of aromatic amines is 1. The molecule has 0 bridgehead atoms. The molecule has 0 radical (unpaired) electrons. The Kier molecular flexibility index (Phi) is 4.13. The second kappa shape index (κ2) is 6.32. The number of likely N-dealkylation sites (tertiary alicyclic amines) is 1. The summed E-state index contributed by atoms with van der Waals surface area (Å²) in [6.07, 6.45) is 5.95. The summed E-state index contributed by atoms with van der Waals surface area (Å²) in [7, 11) is 0. The molecule has 1 aliphatic carbocycles. The van der Waals surface area contributed by atoms with Crippen LogP contribution in [0.1, 0.15) is 62.4 Å². The van der Waals surface area contributed by atoms with Gasteiger partial charge in [-0.1, -0.05) is 13.8 Å². The van der Waals surface area contributed by atoms with Crippen molar-refractivity contribution in [2.75, 3.05) is 13.1 Å². The Bertz CT molecular complexity index is 864. The maximum Gasteiger partial charge on any atom is 0.276 e. The van der Waals surface area contributed by atoms with Crippen LogP contribution >= 0.6 is 0 Å². The number of carbonyl (C=O) groups excluding carboxylic acids is 1. The van der Waals surface area contributed by atoms with E-state index in [1.807, 2.05) is 24.8 Å². The van der Waals surface area contributed by atoms with E-state index in [9.17, 15) is 9.59 Å². The van der Waals surface area contributed by atoms with E-state index in [2.05, 4.69) is 5.10 Å².